The Bertz CT molecular complexity index is 679. The Hall–Kier alpha value is -1.41. The minimum Gasteiger partial charge on any atom is -0.335 e. The number of hydrogen-bond donors (Lipinski definition) is 0. The maximum Gasteiger partial charge on any atom is 0.0804 e. The summed E-state index contributed by atoms with van der Waals surface area (Å²) >= 11 is 1.89. The molecule has 0 radical (unpaired) electrons. The Morgan fingerprint density at radius 2 is 2.09 bits per heavy atom. The normalized spacial score (nSPS) is 22.0. The molecule has 0 aromatic heterocycles. The van der Waals surface area contributed by atoms with Gasteiger partial charge in [0, 0.05) is 11.4 Å². The first-order chi connectivity index (χ1) is 10.4. The van der Waals surface area contributed by atoms with Crippen LogP contribution in [0.4, 0.5) is 5.69 Å². The number of anilines is 1. The van der Waals surface area contributed by atoms with Crippen molar-refractivity contribution < 1.29 is 0 Å². The average molecular weight is 311 g/mol. The quantitative estimate of drug-likeness (QED) is 0.652. The maximum absolute atomic E-state index is 4.20. The highest BCUT2D eigenvalue weighted by Crippen LogP contribution is 2.47. The van der Waals surface area contributed by atoms with Gasteiger partial charge in [-0.3, -0.25) is 0 Å². The number of nitrogens with zero attached hydrogens (tertiary/aromatic N) is 1. The van der Waals surface area contributed by atoms with Crippen LogP contribution in [-0.4, -0.2) is 6.54 Å². The van der Waals surface area contributed by atoms with Crippen LogP contribution in [0.1, 0.15) is 39.2 Å². The van der Waals surface area contributed by atoms with Crippen LogP contribution < -0.4 is 4.90 Å². The zero-order valence-electron chi connectivity index (χ0n) is 14.1. The number of allylic oxidation sites excluding steroid dienone is 4. The fraction of sp³-hybridized carbons (Fsp3) is 0.400. The lowest BCUT2D eigenvalue weighted by Gasteiger charge is -2.30. The third-order valence-corrected chi connectivity index (χ3v) is 5.38. The van der Waals surface area contributed by atoms with Gasteiger partial charge in [0.25, 0.3) is 0 Å². The molecular formula is C20H25NS. The van der Waals surface area contributed by atoms with Crippen LogP contribution in [0.25, 0.3) is 0 Å². The zero-order valence-corrected chi connectivity index (χ0v) is 14.9. The standard InChI is InChI=1S/C20H25NS/c1-6-21-17-8-7-14(2)10-18(17)22-19(21)11-16-9-15(3)12-20(4,5)13-16/h7-11H,3,6,12-13H2,1-2,4-5H3. The molecule has 0 fully saturated rings. The molecule has 1 aromatic rings. The number of fused-ring (bicyclic) bond motifs is 1. The highest BCUT2D eigenvalue weighted by atomic mass is 32.2. The summed E-state index contributed by atoms with van der Waals surface area (Å²) in [6.45, 7) is 14.3. The van der Waals surface area contributed by atoms with Crippen molar-refractivity contribution in [1.82, 2.24) is 0 Å². The summed E-state index contributed by atoms with van der Waals surface area (Å²) in [6.07, 6.45) is 6.88. The van der Waals surface area contributed by atoms with Gasteiger partial charge in [-0.25, -0.2) is 0 Å². The smallest absolute Gasteiger partial charge is 0.0804 e. The SMILES string of the molecule is C=C1C=C(C=C2Sc3cc(C)ccc3N2CC)CC(C)(C)C1. The maximum atomic E-state index is 4.20. The van der Waals surface area contributed by atoms with Crippen LogP contribution in [-0.2, 0) is 0 Å². The number of thioether (sulfide) groups is 1. The summed E-state index contributed by atoms with van der Waals surface area (Å²) in [4.78, 5) is 3.80. The fourth-order valence-electron chi connectivity index (χ4n) is 3.49. The van der Waals surface area contributed by atoms with E-state index in [4.69, 9.17) is 0 Å². The van der Waals surface area contributed by atoms with E-state index in [0.29, 0.717) is 5.41 Å². The van der Waals surface area contributed by atoms with E-state index < -0.39 is 0 Å². The first-order valence-corrected chi connectivity index (χ1v) is 8.86. The molecule has 0 spiro atoms. The predicted octanol–water partition coefficient (Wildman–Crippen LogP) is 6.07. The first kappa shape index (κ1) is 15.5. The number of benzene rings is 1. The molecule has 0 atom stereocenters. The third-order valence-electron chi connectivity index (χ3n) is 4.29. The molecule has 0 saturated carbocycles. The summed E-state index contributed by atoms with van der Waals surface area (Å²) < 4.78 is 0. The van der Waals surface area contributed by atoms with E-state index in [9.17, 15) is 0 Å². The Morgan fingerprint density at radius 1 is 1.32 bits per heavy atom. The second-order valence-electron chi connectivity index (χ2n) is 7.20. The summed E-state index contributed by atoms with van der Waals surface area (Å²) in [5.74, 6) is 0. The topological polar surface area (TPSA) is 3.24 Å². The fourth-order valence-corrected chi connectivity index (χ4v) is 4.79. The van der Waals surface area contributed by atoms with Gasteiger partial charge in [-0.2, -0.15) is 0 Å². The highest BCUT2D eigenvalue weighted by Gasteiger charge is 2.27. The van der Waals surface area contributed by atoms with Gasteiger partial charge >= 0.3 is 0 Å². The van der Waals surface area contributed by atoms with E-state index in [1.54, 1.807) is 0 Å². The van der Waals surface area contributed by atoms with Crippen molar-refractivity contribution in [3.8, 4) is 0 Å². The summed E-state index contributed by atoms with van der Waals surface area (Å²) in [5, 5.41) is 1.35. The zero-order chi connectivity index (χ0) is 15.9. The monoisotopic (exact) mass is 311 g/mol. The second-order valence-corrected chi connectivity index (χ2v) is 8.26. The molecule has 1 aliphatic carbocycles. The molecule has 3 rings (SSSR count). The van der Waals surface area contributed by atoms with Crippen LogP contribution in [0.3, 0.4) is 0 Å². The van der Waals surface area contributed by atoms with Gasteiger partial charge in [0.2, 0.25) is 0 Å². The number of rotatable bonds is 2. The van der Waals surface area contributed by atoms with Gasteiger partial charge in [-0.1, -0.05) is 49.9 Å². The van der Waals surface area contributed by atoms with Crippen molar-refractivity contribution in [2.75, 3.05) is 11.4 Å². The van der Waals surface area contributed by atoms with Gasteiger partial charge in [-0.05, 0) is 61.4 Å². The molecule has 0 amide bonds. The molecule has 116 valence electrons. The lowest BCUT2D eigenvalue weighted by atomic mass is 9.75. The highest BCUT2D eigenvalue weighted by molar-refractivity contribution is 8.03. The van der Waals surface area contributed by atoms with Gasteiger partial charge < -0.3 is 4.90 Å². The van der Waals surface area contributed by atoms with Crippen molar-refractivity contribution >= 4 is 17.4 Å². The summed E-state index contributed by atoms with van der Waals surface area (Å²) in [6, 6.07) is 6.75. The molecule has 0 N–H and O–H groups in total. The molecule has 0 unspecified atom stereocenters. The predicted molar refractivity (Wildman–Crippen MR) is 98.4 cm³/mol. The van der Waals surface area contributed by atoms with Crippen molar-refractivity contribution in [1.29, 1.82) is 0 Å². The molecule has 22 heavy (non-hydrogen) atoms. The molecule has 1 heterocycles. The molecule has 1 aromatic carbocycles. The van der Waals surface area contributed by atoms with Crippen LogP contribution in [0.5, 0.6) is 0 Å². The molecule has 0 bridgehead atoms. The van der Waals surface area contributed by atoms with Crippen molar-refractivity contribution in [2.45, 2.75) is 45.4 Å². The Morgan fingerprint density at radius 3 is 2.77 bits per heavy atom. The van der Waals surface area contributed by atoms with Gasteiger partial charge in [0.15, 0.2) is 0 Å². The van der Waals surface area contributed by atoms with Gasteiger partial charge in [-0.15, -0.1) is 0 Å². The second kappa shape index (κ2) is 5.66. The van der Waals surface area contributed by atoms with E-state index in [2.05, 4.69) is 69.5 Å². The molecule has 1 nitrogen and oxygen atoms in total. The third kappa shape index (κ3) is 3.03. The average Bonchev–Trinajstić information content (AvgIpc) is 2.72. The minimum absolute atomic E-state index is 0.321. The van der Waals surface area contributed by atoms with E-state index in [-0.39, 0.29) is 0 Å². The lowest BCUT2D eigenvalue weighted by Crippen LogP contribution is -2.19. The van der Waals surface area contributed by atoms with Crippen molar-refractivity contribution in [2.24, 2.45) is 5.41 Å². The molecular weight excluding hydrogens is 286 g/mol. The largest absolute Gasteiger partial charge is 0.335 e. The summed E-state index contributed by atoms with van der Waals surface area (Å²) in [5.41, 5.74) is 5.66. The van der Waals surface area contributed by atoms with Crippen molar-refractivity contribution in [3.05, 3.63) is 58.7 Å². The Labute approximate surface area is 138 Å². The number of aryl methyl sites for hydroxylation is 1. The van der Waals surface area contributed by atoms with E-state index in [1.807, 2.05) is 11.8 Å². The van der Waals surface area contributed by atoms with E-state index in [0.717, 1.165) is 19.4 Å². The molecule has 1 aliphatic heterocycles. The Kier molecular flexibility index (Phi) is 3.98. The van der Waals surface area contributed by atoms with Crippen LogP contribution >= 0.6 is 11.8 Å². The minimum atomic E-state index is 0.321. The summed E-state index contributed by atoms with van der Waals surface area (Å²) in [7, 11) is 0. The lowest BCUT2D eigenvalue weighted by molar-refractivity contribution is 0.355. The number of hydrogen-bond acceptors (Lipinski definition) is 2. The molecule has 2 aliphatic rings. The van der Waals surface area contributed by atoms with Crippen LogP contribution in [0.2, 0.25) is 0 Å². The molecule has 0 saturated heterocycles. The first-order valence-electron chi connectivity index (χ1n) is 8.04. The van der Waals surface area contributed by atoms with Crippen LogP contribution in [0, 0.1) is 12.3 Å². The molecule has 2 heteroatoms. The van der Waals surface area contributed by atoms with E-state index >= 15 is 0 Å². The van der Waals surface area contributed by atoms with Gasteiger partial charge in [0.1, 0.15) is 0 Å². The van der Waals surface area contributed by atoms with Crippen molar-refractivity contribution in [3.63, 3.8) is 0 Å². The van der Waals surface area contributed by atoms with E-state index in [1.165, 1.54) is 32.3 Å². The van der Waals surface area contributed by atoms with Crippen LogP contribution in [0.15, 0.2) is 58.0 Å². The van der Waals surface area contributed by atoms with Gasteiger partial charge in [0.05, 0.1) is 10.7 Å². The Balaban J connectivity index is 1.94.